The number of benzene rings is 4. The molecule has 0 saturated heterocycles. The zero-order valence-corrected chi connectivity index (χ0v) is 13.5. The molecular weight excluding hydrogens is 367 g/mol. The fourth-order valence-corrected chi connectivity index (χ4v) is 3.72. The van der Waals surface area contributed by atoms with Gasteiger partial charge in [0.25, 0.3) is 0 Å². The molecule has 0 saturated carbocycles. The van der Waals surface area contributed by atoms with E-state index in [1.54, 1.807) is 0 Å². The summed E-state index contributed by atoms with van der Waals surface area (Å²) in [6, 6.07) is 28.2. The second-order valence-electron chi connectivity index (χ2n) is 5.17. The van der Waals surface area contributed by atoms with Gasteiger partial charge in [0.1, 0.15) is 0 Å². The third kappa shape index (κ3) is 2.12. The highest BCUT2D eigenvalue weighted by atomic mass is 127. The van der Waals surface area contributed by atoms with Gasteiger partial charge in [0.15, 0.2) is 0 Å². The van der Waals surface area contributed by atoms with Gasteiger partial charge in [-0.25, -0.2) is 0 Å². The van der Waals surface area contributed by atoms with Crippen molar-refractivity contribution < 1.29 is 0 Å². The second-order valence-corrected chi connectivity index (χ2v) is 6.34. The molecule has 0 aromatic heterocycles. The molecule has 1 heteroatoms. The van der Waals surface area contributed by atoms with E-state index in [2.05, 4.69) is 101 Å². The Labute approximate surface area is 137 Å². The fourth-order valence-electron chi connectivity index (χ4n) is 2.96. The highest BCUT2D eigenvalue weighted by Crippen LogP contribution is 2.37. The van der Waals surface area contributed by atoms with E-state index in [1.807, 2.05) is 0 Å². The summed E-state index contributed by atoms with van der Waals surface area (Å²) in [6.45, 7) is 0. The summed E-state index contributed by atoms with van der Waals surface area (Å²) < 4.78 is 1.29. The first-order valence-electron chi connectivity index (χ1n) is 7.00. The maximum Gasteiger partial charge on any atom is 0.0215 e. The predicted molar refractivity (Wildman–Crippen MR) is 99.6 cm³/mol. The molecule has 0 atom stereocenters. The summed E-state index contributed by atoms with van der Waals surface area (Å²) in [6.07, 6.45) is 0. The van der Waals surface area contributed by atoms with Gasteiger partial charge in [0, 0.05) is 9.13 Å². The summed E-state index contributed by atoms with van der Waals surface area (Å²) in [5.74, 6) is 0. The molecule has 21 heavy (non-hydrogen) atoms. The summed E-state index contributed by atoms with van der Waals surface area (Å²) in [4.78, 5) is 0. The first-order chi connectivity index (χ1) is 10.3. The van der Waals surface area contributed by atoms with Gasteiger partial charge < -0.3 is 0 Å². The van der Waals surface area contributed by atoms with Crippen LogP contribution < -0.4 is 0 Å². The molecule has 0 aliphatic rings. The van der Waals surface area contributed by atoms with Crippen LogP contribution in [-0.4, -0.2) is 0 Å². The quantitative estimate of drug-likeness (QED) is 0.270. The molecule has 0 heterocycles. The van der Waals surface area contributed by atoms with E-state index in [9.17, 15) is 0 Å². The molecule has 4 rings (SSSR count). The number of hydrogen-bond acceptors (Lipinski definition) is 0. The molecule has 100 valence electrons. The monoisotopic (exact) mass is 380 g/mol. The van der Waals surface area contributed by atoms with Crippen molar-refractivity contribution >= 4 is 44.1 Å². The largest absolute Gasteiger partial charge is 0.0622 e. The number of halogens is 1. The van der Waals surface area contributed by atoms with Crippen LogP contribution in [0.25, 0.3) is 32.7 Å². The Balaban J connectivity index is 2.23. The molecule has 0 bridgehead atoms. The maximum atomic E-state index is 2.44. The summed E-state index contributed by atoms with van der Waals surface area (Å²) in [5.41, 5.74) is 2.62. The van der Waals surface area contributed by atoms with Crippen molar-refractivity contribution in [1.29, 1.82) is 0 Å². The van der Waals surface area contributed by atoms with Crippen LogP contribution in [-0.2, 0) is 0 Å². The van der Waals surface area contributed by atoms with Crippen LogP contribution in [0.5, 0.6) is 0 Å². The zero-order chi connectivity index (χ0) is 14.2. The Morgan fingerprint density at radius 3 is 2.10 bits per heavy atom. The van der Waals surface area contributed by atoms with Gasteiger partial charge in [-0.15, -0.1) is 0 Å². The third-order valence-electron chi connectivity index (χ3n) is 3.92. The molecule has 0 spiro atoms. The van der Waals surface area contributed by atoms with Crippen molar-refractivity contribution in [3.8, 4) is 11.1 Å². The average Bonchev–Trinajstić information content (AvgIpc) is 2.55. The van der Waals surface area contributed by atoms with Gasteiger partial charge in [0.05, 0.1) is 0 Å². The van der Waals surface area contributed by atoms with Crippen LogP contribution >= 0.6 is 22.6 Å². The van der Waals surface area contributed by atoms with E-state index in [0.29, 0.717) is 0 Å². The Hall–Kier alpha value is -1.87. The van der Waals surface area contributed by atoms with Crippen LogP contribution in [0, 0.1) is 3.57 Å². The Morgan fingerprint density at radius 1 is 0.571 bits per heavy atom. The Morgan fingerprint density at radius 2 is 1.24 bits per heavy atom. The second kappa shape index (κ2) is 5.15. The standard InChI is InChI=1S/C20H13I/c21-18-13-12-16-11-10-14-6-4-5-9-17(14)19(16)20(18)15-7-2-1-3-8-15/h1-13H. The van der Waals surface area contributed by atoms with Gasteiger partial charge in [-0.3, -0.25) is 0 Å². The van der Waals surface area contributed by atoms with E-state index in [-0.39, 0.29) is 0 Å². The Kier molecular flexibility index (Phi) is 3.15. The smallest absolute Gasteiger partial charge is 0.0215 e. The van der Waals surface area contributed by atoms with Crippen molar-refractivity contribution in [2.75, 3.05) is 0 Å². The highest BCUT2D eigenvalue weighted by molar-refractivity contribution is 14.1. The molecule has 0 radical (unpaired) electrons. The molecule has 4 aromatic rings. The van der Waals surface area contributed by atoms with Crippen LogP contribution in [0.15, 0.2) is 78.9 Å². The average molecular weight is 380 g/mol. The molecule has 0 aliphatic carbocycles. The summed E-state index contributed by atoms with van der Waals surface area (Å²) >= 11 is 2.44. The number of rotatable bonds is 1. The lowest BCUT2D eigenvalue weighted by molar-refractivity contribution is 1.63. The molecular formula is C20H13I. The van der Waals surface area contributed by atoms with Crippen LogP contribution in [0.3, 0.4) is 0 Å². The first kappa shape index (κ1) is 12.8. The van der Waals surface area contributed by atoms with Gasteiger partial charge in [-0.05, 0) is 55.8 Å². The van der Waals surface area contributed by atoms with E-state index in [4.69, 9.17) is 0 Å². The fraction of sp³-hybridized carbons (Fsp3) is 0. The van der Waals surface area contributed by atoms with Crippen LogP contribution in [0.4, 0.5) is 0 Å². The minimum absolute atomic E-state index is 1.28. The van der Waals surface area contributed by atoms with Crippen LogP contribution in [0.2, 0.25) is 0 Å². The highest BCUT2D eigenvalue weighted by Gasteiger charge is 2.10. The lowest BCUT2D eigenvalue weighted by Gasteiger charge is -2.12. The normalized spacial score (nSPS) is 11.1. The summed E-state index contributed by atoms with van der Waals surface area (Å²) in [5, 5.41) is 5.27. The first-order valence-corrected chi connectivity index (χ1v) is 8.08. The van der Waals surface area contributed by atoms with Crippen molar-refractivity contribution in [3.63, 3.8) is 0 Å². The number of fused-ring (bicyclic) bond motifs is 3. The molecule has 0 fully saturated rings. The Bertz CT molecular complexity index is 940. The van der Waals surface area contributed by atoms with Crippen molar-refractivity contribution in [1.82, 2.24) is 0 Å². The van der Waals surface area contributed by atoms with Crippen molar-refractivity contribution in [3.05, 3.63) is 82.4 Å². The topological polar surface area (TPSA) is 0 Å². The van der Waals surface area contributed by atoms with Gasteiger partial charge in [0.2, 0.25) is 0 Å². The zero-order valence-electron chi connectivity index (χ0n) is 11.4. The lowest BCUT2D eigenvalue weighted by Crippen LogP contribution is -1.87. The summed E-state index contributed by atoms with van der Waals surface area (Å²) in [7, 11) is 0. The maximum absolute atomic E-state index is 2.44. The van der Waals surface area contributed by atoms with Crippen LogP contribution in [0.1, 0.15) is 0 Å². The minimum atomic E-state index is 1.28. The van der Waals surface area contributed by atoms with E-state index in [0.717, 1.165) is 0 Å². The van der Waals surface area contributed by atoms with Gasteiger partial charge >= 0.3 is 0 Å². The third-order valence-corrected chi connectivity index (χ3v) is 4.82. The molecule has 0 aliphatic heterocycles. The van der Waals surface area contributed by atoms with Crippen molar-refractivity contribution in [2.45, 2.75) is 0 Å². The lowest BCUT2D eigenvalue weighted by atomic mass is 9.94. The minimum Gasteiger partial charge on any atom is -0.0622 e. The number of hydrogen-bond donors (Lipinski definition) is 0. The van der Waals surface area contributed by atoms with E-state index in [1.165, 1.54) is 36.2 Å². The van der Waals surface area contributed by atoms with E-state index >= 15 is 0 Å². The van der Waals surface area contributed by atoms with E-state index < -0.39 is 0 Å². The molecule has 0 unspecified atom stereocenters. The molecule has 0 nitrogen and oxygen atoms in total. The van der Waals surface area contributed by atoms with Gasteiger partial charge in [-0.1, -0.05) is 72.8 Å². The SMILES string of the molecule is Ic1ccc2ccc3ccccc3c2c1-c1ccccc1. The van der Waals surface area contributed by atoms with Crippen molar-refractivity contribution in [2.24, 2.45) is 0 Å². The molecule has 0 amide bonds. The molecule has 0 N–H and O–H groups in total. The predicted octanol–water partition coefficient (Wildman–Crippen LogP) is 6.26. The van der Waals surface area contributed by atoms with Gasteiger partial charge in [-0.2, -0.15) is 0 Å². The molecule has 4 aromatic carbocycles.